The van der Waals surface area contributed by atoms with Crippen LogP contribution in [0.15, 0.2) is 36.4 Å². The summed E-state index contributed by atoms with van der Waals surface area (Å²) in [7, 11) is 0. The molecule has 0 unspecified atom stereocenters. The van der Waals surface area contributed by atoms with Crippen molar-refractivity contribution in [1.29, 1.82) is 0 Å². The zero-order valence-corrected chi connectivity index (χ0v) is 12.9. The first-order valence-corrected chi connectivity index (χ1v) is 7.19. The maximum atomic E-state index is 12.1. The number of hydrazine groups is 1. The minimum Gasteiger partial charge on any atom is -0.505 e. The third kappa shape index (κ3) is 3.63. The maximum absolute atomic E-state index is 12.1. The number of amides is 2. The number of carbonyl (C=O) groups is 2. The molecule has 0 bridgehead atoms. The Hall–Kier alpha value is -2.96. The predicted octanol–water partition coefficient (Wildman–Crippen LogP) is 3.17. The number of nitrogens with one attached hydrogen (secondary N) is 1. The molecule has 23 heavy (non-hydrogen) atoms. The van der Waals surface area contributed by atoms with Crippen LogP contribution in [0, 0.1) is 0 Å². The number of hydrogen-bond acceptors (Lipinski definition) is 5. The fourth-order valence-corrected chi connectivity index (χ4v) is 2.07. The van der Waals surface area contributed by atoms with Gasteiger partial charge < -0.3 is 14.6 Å². The summed E-state index contributed by atoms with van der Waals surface area (Å²) >= 11 is 0. The number of rotatable bonds is 3. The second kappa shape index (κ2) is 7.35. The number of benzene rings is 2. The van der Waals surface area contributed by atoms with Crippen molar-refractivity contribution in [1.82, 2.24) is 5.43 Å². The minimum absolute atomic E-state index is 0.0928. The predicted molar refractivity (Wildman–Crippen MR) is 85.3 cm³/mol. The number of phenols is 1. The third-order valence-electron chi connectivity index (χ3n) is 3.05. The van der Waals surface area contributed by atoms with Gasteiger partial charge in [0.1, 0.15) is 11.4 Å². The molecular weight excluding hydrogens is 300 g/mol. The Morgan fingerprint density at radius 2 is 1.78 bits per heavy atom. The Bertz CT molecular complexity index is 717. The lowest BCUT2D eigenvalue weighted by molar-refractivity contribution is 0.138. The lowest BCUT2D eigenvalue weighted by Crippen LogP contribution is -2.47. The summed E-state index contributed by atoms with van der Waals surface area (Å²) in [5.74, 6) is -0.145. The van der Waals surface area contributed by atoms with Crippen molar-refractivity contribution in [2.45, 2.75) is 13.8 Å². The van der Waals surface area contributed by atoms with Crippen LogP contribution in [0.25, 0.3) is 10.8 Å². The molecular formula is C16H18N2O5. The molecule has 0 aromatic heterocycles. The Labute approximate surface area is 133 Å². The summed E-state index contributed by atoms with van der Waals surface area (Å²) in [6, 6.07) is 10.4. The average Bonchev–Trinajstić information content (AvgIpc) is 2.54. The van der Waals surface area contributed by atoms with Crippen LogP contribution in [-0.4, -0.2) is 30.5 Å². The Balaban J connectivity index is 2.43. The number of fused-ring (bicyclic) bond motifs is 1. The van der Waals surface area contributed by atoms with Crippen LogP contribution in [0.3, 0.4) is 0 Å². The van der Waals surface area contributed by atoms with Gasteiger partial charge in [-0.15, -0.1) is 0 Å². The number of ether oxygens (including phenoxy) is 2. The van der Waals surface area contributed by atoms with Gasteiger partial charge in [-0.05, 0) is 25.3 Å². The molecule has 0 heterocycles. The molecule has 0 saturated heterocycles. The molecule has 122 valence electrons. The molecule has 0 saturated carbocycles. The molecule has 7 heteroatoms. The van der Waals surface area contributed by atoms with Gasteiger partial charge in [0.15, 0.2) is 0 Å². The molecule has 0 spiro atoms. The van der Waals surface area contributed by atoms with Gasteiger partial charge in [0.2, 0.25) is 0 Å². The average molecular weight is 318 g/mol. The van der Waals surface area contributed by atoms with Gasteiger partial charge in [0, 0.05) is 5.39 Å². The lowest BCUT2D eigenvalue weighted by atomic mass is 10.1. The van der Waals surface area contributed by atoms with Crippen LogP contribution in [0.5, 0.6) is 5.75 Å². The molecule has 7 nitrogen and oxygen atoms in total. The highest BCUT2D eigenvalue weighted by atomic mass is 16.6. The Morgan fingerprint density at radius 1 is 1.09 bits per heavy atom. The molecule has 2 aromatic rings. The number of carbonyl (C=O) groups excluding carboxylic acids is 2. The first-order valence-electron chi connectivity index (χ1n) is 7.19. The molecule has 2 rings (SSSR count). The molecule has 0 aliphatic carbocycles. The van der Waals surface area contributed by atoms with Gasteiger partial charge in [0.05, 0.1) is 13.2 Å². The van der Waals surface area contributed by atoms with Crippen LogP contribution < -0.4 is 10.4 Å². The van der Waals surface area contributed by atoms with Crippen molar-refractivity contribution in [2.75, 3.05) is 18.2 Å². The highest BCUT2D eigenvalue weighted by Gasteiger charge is 2.24. The SMILES string of the molecule is CCOC(=O)NN(C(=O)OCC)c1ccc2ccccc2c1O. The molecule has 2 amide bonds. The van der Waals surface area contributed by atoms with E-state index in [1.807, 2.05) is 12.1 Å². The number of hydrogen-bond donors (Lipinski definition) is 2. The number of phenolic OH excluding ortho intramolecular Hbond substituents is 1. The second-order valence-corrected chi connectivity index (χ2v) is 4.52. The minimum atomic E-state index is -0.828. The largest absolute Gasteiger partial charge is 0.505 e. The van der Waals surface area contributed by atoms with E-state index in [1.54, 1.807) is 32.0 Å². The van der Waals surface area contributed by atoms with E-state index >= 15 is 0 Å². The highest BCUT2D eigenvalue weighted by molar-refractivity contribution is 5.99. The van der Waals surface area contributed by atoms with E-state index in [4.69, 9.17) is 9.47 Å². The van der Waals surface area contributed by atoms with E-state index in [0.717, 1.165) is 10.4 Å². The van der Waals surface area contributed by atoms with Crippen molar-refractivity contribution < 1.29 is 24.2 Å². The normalized spacial score (nSPS) is 10.2. The van der Waals surface area contributed by atoms with Crippen molar-refractivity contribution in [3.63, 3.8) is 0 Å². The van der Waals surface area contributed by atoms with E-state index in [9.17, 15) is 14.7 Å². The van der Waals surface area contributed by atoms with Crippen LogP contribution in [0.2, 0.25) is 0 Å². The zero-order valence-electron chi connectivity index (χ0n) is 12.9. The molecule has 0 aliphatic heterocycles. The summed E-state index contributed by atoms with van der Waals surface area (Å²) in [6.45, 7) is 3.54. The Morgan fingerprint density at radius 3 is 2.48 bits per heavy atom. The quantitative estimate of drug-likeness (QED) is 0.849. The van der Waals surface area contributed by atoms with Crippen molar-refractivity contribution in [3.8, 4) is 5.75 Å². The third-order valence-corrected chi connectivity index (χ3v) is 3.05. The van der Waals surface area contributed by atoms with Gasteiger partial charge in [-0.25, -0.2) is 15.0 Å². The van der Waals surface area contributed by atoms with E-state index in [0.29, 0.717) is 5.39 Å². The number of aromatic hydroxyl groups is 1. The molecule has 2 N–H and O–H groups in total. The zero-order chi connectivity index (χ0) is 16.8. The molecule has 0 fully saturated rings. The van der Waals surface area contributed by atoms with Gasteiger partial charge in [-0.2, -0.15) is 5.01 Å². The fourth-order valence-electron chi connectivity index (χ4n) is 2.07. The van der Waals surface area contributed by atoms with E-state index in [2.05, 4.69) is 5.43 Å². The van der Waals surface area contributed by atoms with E-state index in [-0.39, 0.29) is 24.7 Å². The standard InChI is InChI=1S/C16H18N2O5/c1-3-22-15(20)17-18(16(21)23-4-2)13-10-9-11-7-5-6-8-12(11)14(13)19/h5-10,19H,3-4H2,1-2H3,(H,17,20). The van der Waals surface area contributed by atoms with Gasteiger partial charge in [-0.3, -0.25) is 0 Å². The van der Waals surface area contributed by atoms with Crippen molar-refractivity contribution >= 4 is 28.6 Å². The van der Waals surface area contributed by atoms with E-state index in [1.165, 1.54) is 6.07 Å². The highest BCUT2D eigenvalue weighted by Crippen LogP contribution is 2.34. The number of nitrogens with zero attached hydrogens (tertiary/aromatic N) is 1. The van der Waals surface area contributed by atoms with Gasteiger partial charge in [-0.1, -0.05) is 30.3 Å². The summed E-state index contributed by atoms with van der Waals surface area (Å²) in [5, 5.41) is 12.6. The first-order chi connectivity index (χ1) is 11.1. The summed E-state index contributed by atoms with van der Waals surface area (Å²) in [5.41, 5.74) is 2.35. The van der Waals surface area contributed by atoms with Crippen LogP contribution in [-0.2, 0) is 9.47 Å². The summed E-state index contributed by atoms with van der Waals surface area (Å²) in [4.78, 5) is 23.7. The number of anilines is 1. The molecule has 0 aliphatic rings. The summed E-state index contributed by atoms with van der Waals surface area (Å²) in [6.07, 6.45) is -1.65. The van der Waals surface area contributed by atoms with Gasteiger partial charge >= 0.3 is 12.2 Å². The van der Waals surface area contributed by atoms with Crippen LogP contribution in [0.1, 0.15) is 13.8 Å². The van der Waals surface area contributed by atoms with E-state index < -0.39 is 12.2 Å². The Kier molecular flexibility index (Phi) is 5.24. The van der Waals surface area contributed by atoms with Crippen molar-refractivity contribution in [3.05, 3.63) is 36.4 Å². The molecule has 2 aromatic carbocycles. The first kappa shape index (κ1) is 16.4. The summed E-state index contributed by atoms with van der Waals surface area (Å²) < 4.78 is 9.68. The molecule has 0 radical (unpaired) electrons. The molecule has 0 atom stereocenters. The topological polar surface area (TPSA) is 88.1 Å². The van der Waals surface area contributed by atoms with Gasteiger partial charge in [0.25, 0.3) is 0 Å². The van der Waals surface area contributed by atoms with Crippen molar-refractivity contribution in [2.24, 2.45) is 0 Å². The fraction of sp³-hybridized carbons (Fsp3) is 0.250. The monoisotopic (exact) mass is 318 g/mol. The maximum Gasteiger partial charge on any atom is 0.433 e. The lowest BCUT2D eigenvalue weighted by Gasteiger charge is -2.23. The van der Waals surface area contributed by atoms with Crippen LogP contribution >= 0.6 is 0 Å². The second-order valence-electron chi connectivity index (χ2n) is 4.52. The van der Waals surface area contributed by atoms with Crippen LogP contribution in [0.4, 0.5) is 15.3 Å². The smallest absolute Gasteiger partial charge is 0.433 e.